The van der Waals surface area contributed by atoms with E-state index in [0.29, 0.717) is 13.0 Å². The fourth-order valence-corrected chi connectivity index (χ4v) is 2.09. The standard InChI is InChI=1S/C15H20O3/c1-3-9-17-15-12(16)10-14(15)18-13-8-6-5-7-11(13)4-2/h5-8,14-15H,3-4,9-10H2,1-2H3. The van der Waals surface area contributed by atoms with Crippen molar-refractivity contribution in [1.82, 2.24) is 0 Å². The van der Waals surface area contributed by atoms with Crippen molar-refractivity contribution < 1.29 is 14.3 Å². The van der Waals surface area contributed by atoms with E-state index >= 15 is 0 Å². The predicted molar refractivity (Wildman–Crippen MR) is 69.9 cm³/mol. The van der Waals surface area contributed by atoms with Crippen molar-refractivity contribution in [3.05, 3.63) is 29.8 Å². The Labute approximate surface area is 108 Å². The van der Waals surface area contributed by atoms with Crippen LogP contribution in [0.3, 0.4) is 0 Å². The quantitative estimate of drug-likeness (QED) is 0.776. The Balaban J connectivity index is 1.99. The topological polar surface area (TPSA) is 35.5 Å². The van der Waals surface area contributed by atoms with Gasteiger partial charge < -0.3 is 9.47 Å². The van der Waals surface area contributed by atoms with Crippen molar-refractivity contribution >= 4 is 5.78 Å². The molecule has 2 rings (SSSR count). The summed E-state index contributed by atoms with van der Waals surface area (Å²) in [6.07, 6.45) is 1.83. The second-order valence-corrected chi connectivity index (χ2v) is 4.58. The van der Waals surface area contributed by atoms with Crippen LogP contribution < -0.4 is 4.74 Å². The Kier molecular flexibility index (Phi) is 4.37. The molecule has 0 aliphatic heterocycles. The molecule has 1 saturated carbocycles. The highest BCUT2D eigenvalue weighted by Gasteiger charge is 2.42. The Morgan fingerprint density at radius 2 is 2.06 bits per heavy atom. The van der Waals surface area contributed by atoms with E-state index in [1.54, 1.807) is 0 Å². The summed E-state index contributed by atoms with van der Waals surface area (Å²) >= 11 is 0. The van der Waals surface area contributed by atoms with E-state index in [9.17, 15) is 4.79 Å². The summed E-state index contributed by atoms with van der Waals surface area (Å²) in [6, 6.07) is 7.97. The molecule has 3 heteroatoms. The second-order valence-electron chi connectivity index (χ2n) is 4.58. The molecule has 0 saturated heterocycles. The average Bonchev–Trinajstić information content (AvgIpc) is 2.39. The number of aryl methyl sites for hydroxylation is 1. The van der Waals surface area contributed by atoms with Gasteiger partial charge in [-0.25, -0.2) is 0 Å². The van der Waals surface area contributed by atoms with Gasteiger partial charge in [0, 0.05) is 13.0 Å². The zero-order valence-corrected chi connectivity index (χ0v) is 11.0. The van der Waals surface area contributed by atoms with Gasteiger partial charge in [0.2, 0.25) is 0 Å². The molecule has 3 nitrogen and oxygen atoms in total. The first-order valence-corrected chi connectivity index (χ1v) is 6.65. The van der Waals surface area contributed by atoms with Gasteiger partial charge in [0.25, 0.3) is 0 Å². The van der Waals surface area contributed by atoms with Gasteiger partial charge in [0.1, 0.15) is 11.9 Å². The third-order valence-corrected chi connectivity index (χ3v) is 3.19. The number of ether oxygens (including phenoxy) is 2. The maximum Gasteiger partial charge on any atom is 0.169 e. The summed E-state index contributed by atoms with van der Waals surface area (Å²) in [7, 11) is 0. The summed E-state index contributed by atoms with van der Waals surface area (Å²) in [5.41, 5.74) is 1.17. The number of hydrogen-bond donors (Lipinski definition) is 0. The normalized spacial score (nSPS) is 22.7. The number of para-hydroxylation sites is 1. The lowest BCUT2D eigenvalue weighted by Crippen LogP contribution is -2.52. The van der Waals surface area contributed by atoms with Crippen LogP contribution in [-0.4, -0.2) is 24.6 Å². The molecule has 2 unspecified atom stereocenters. The third-order valence-electron chi connectivity index (χ3n) is 3.19. The van der Waals surface area contributed by atoms with Gasteiger partial charge in [-0.05, 0) is 24.5 Å². The number of benzene rings is 1. The molecular weight excluding hydrogens is 228 g/mol. The highest BCUT2D eigenvalue weighted by Crippen LogP contribution is 2.28. The summed E-state index contributed by atoms with van der Waals surface area (Å²) in [4.78, 5) is 11.5. The van der Waals surface area contributed by atoms with E-state index < -0.39 is 0 Å². The van der Waals surface area contributed by atoms with Gasteiger partial charge in [-0.2, -0.15) is 0 Å². The smallest absolute Gasteiger partial charge is 0.169 e. The SMILES string of the molecule is CCCOC1C(=O)CC1Oc1ccccc1CC. The Hall–Kier alpha value is -1.35. The number of ketones is 1. The van der Waals surface area contributed by atoms with E-state index in [2.05, 4.69) is 13.0 Å². The average molecular weight is 248 g/mol. The Morgan fingerprint density at radius 1 is 1.28 bits per heavy atom. The molecule has 0 bridgehead atoms. The first kappa shape index (κ1) is 13.1. The lowest BCUT2D eigenvalue weighted by atomic mass is 9.89. The van der Waals surface area contributed by atoms with Crippen molar-refractivity contribution in [2.24, 2.45) is 0 Å². The number of carbonyl (C=O) groups excluding carboxylic acids is 1. The van der Waals surface area contributed by atoms with Gasteiger partial charge in [0.15, 0.2) is 11.9 Å². The molecule has 0 radical (unpaired) electrons. The number of hydrogen-bond acceptors (Lipinski definition) is 3. The minimum Gasteiger partial charge on any atom is -0.486 e. The van der Waals surface area contributed by atoms with Gasteiger partial charge in [0.05, 0.1) is 0 Å². The predicted octanol–water partition coefficient (Wildman–Crippen LogP) is 2.76. The van der Waals surface area contributed by atoms with Crippen molar-refractivity contribution in [3.63, 3.8) is 0 Å². The molecule has 0 amide bonds. The molecule has 1 aliphatic carbocycles. The minimum absolute atomic E-state index is 0.114. The first-order valence-electron chi connectivity index (χ1n) is 6.65. The van der Waals surface area contributed by atoms with Crippen LogP contribution in [0.1, 0.15) is 32.3 Å². The first-order chi connectivity index (χ1) is 8.76. The molecule has 2 atom stereocenters. The van der Waals surface area contributed by atoms with Crippen LogP contribution in [0.5, 0.6) is 5.75 Å². The monoisotopic (exact) mass is 248 g/mol. The van der Waals surface area contributed by atoms with Crippen molar-refractivity contribution in [2.45, 2.75) is 45.3 Å². The molecule has 1 fully saturated rings. The summed E-state index contributed by atoms with van der Waals surface area (Å²) in [6.45, 7) is 4.75. The van der Waals surface area contributed by atoms with E-state index in [1.165, 1.54) is 5.56 Å². The van der Waals surface area contributed by atoms with Gasteiger partial charge in [-0.1, -0.05) is 32.0 Å². The molecule has 1 aromatic rings. The maximum atomic E-state index is 11.5. The van der Waals surface area contributed by atoms with E-state index in [4.69, 9.17) is 9.47 Å². The molecule has 0 spiro atoms. The zero-order valence-electron chi connectivity index (χ0n) is 11.0. The van der Waals surface area contributed by atoms with Crippen LogP contribution in [0.4, 0.5) is 0 Å². The van der Waals surface area contributed by atoms with Gasteiger partial charge in [-0.3, -0.25) is 4.79 Å². The fourth-order valence-electron chi connectivity index (χ4n) is 2.09. The van der Waals surface area contributed by atoms with Crippen molar-refractivity contribution in [3.8, 4) is 5.75 Å². The largest absolute Gasteiger partial charge is 0.486 e. The van der Waals surface area contributed by atoms with Crippen LogP contribution in [0, 0.1) is 0 Å². The number of rotatable bonds is 6. The molecule has 0 N–H and O–H groups in total. The summed E-state index contributed by atoms with van der Waals surface area (Å²) in [5, 5.41) is 0. The maximum absolute atomic E-state index is 11.5. The van der Waals surface area contributed by atoms with Gasteiger partial charge >= 0.3 is 0 Å². The van der Waals surface area contributed by atoms with E-state index in [0.717, 1.165) is 18.6 Å². The molecule has 1 aliphatic rings. The van der Waals surface area contributed by atoms with Crippen molar-refractivity contribution in [2.75, 3.05) is 6.61 Å². The molecule has 18 heavy (non-hydrogen) atoms. The van der Waals surface area contributed by atoms with Crippen LogP contribution in [0.2, 0.25) is 0 Å². The molecule has 98 valence electrons. The van der Waals surface area contributed by atoms with E-state index in [-0.39, 0.29) is 18.0 Å². The Morgan fingerprint density at radius 3 is 2.72 bits per heavy atom. The third kappa shape index (κ3) is 2.72. The molecule has 1 aromatic carbocycles. The highest BCUT2D eigenvalue weighted by molar-refractivity contribution is 5.90. The molecule has 0 aromatic heterocycles. The minimum atomic E-state index is -0.366. The van der Waals surface area contributed by atoms with Crippen LogP contribution >= 0.6 is 0 Å². The fraction of sp³-hybridized carbons (Fsp3) is 0.533. The summed E-state index contributed by atoms with van der Waals surface area (Å²) in [5.74, 6) is 1.03. The van der Waals surface area contributed by atoms with Crippen molar-refractivity contribution in [1.29, 1.82) is 0 Å². The number of carbonyl (C=O) groups is 1. The Bertz CT molecular complexity index is 414. The molecular formula is C15H20O3. The zero-order chi connectivity index (χ0) is 13.0. The van der Waals surface area contributed by atoms with Crippen LogP contribution in [-0.2, 0) is 16.0 Å². The number of Topliss-reactive ketones (excluding diaryl/α,β-unsaturated/α-hetero) is 1. The van der Waals surface area contributed by atoms with E-state index in [1.807, 2.05) is 25.1 Å². The summed E-state index contributed by atoms with van der Waals surface area (Å²) < 4.78 is 11.4. The lowest BCUT2D eigenvalue weighted by Gasteiger charge is -2.35. The van der Waals surface area contributed by atoms with Gasteiger partial charge in [-0.15, -0.1) is 0 Å². The second kappa shape index (κ2) is 6.01. The lowest BCUT2D eigenvalue weighted by molar-refractivity contribution is -0.154. The molecule has 0 heterocycles. The highest BCUT2D eigenvalue weighted by atomic mass is 16.5. The van der Waals surface area contributed by atoms with Crippen LogP contribution in [0.15, 0.2) is 24.3 Å². The van der Waals surface area contributed by atoms with Crippen LogP contribution in [0.25, 0.3) is 0 Å².